The molecule has 0 aromatic heterocycles. The van der Waals surface area contributed by atoms with Gasteiger partial charge in [0.05, 0.1) is 0 Å². The van der Waals surface area contributed by atoms with Gasteiger partial charge in [-0.25, -0.2) is 0 Å². The third kappa shape index (κ3) is 3.72. The Labute approximate surface area is 118 Å². The largest absolute Gasteiger partial charge is 0.487 e. The van der Waals surface area contributed by atoms with E-state index >= 15 is 0 Å². The summed E-state index contributed by atoms with van der Waals surface area (Å²) in [6.45, 7) is 5.40. The Kier molecular flexibility index (Phi) is 4.68. The van der Waals surface area contributed by atoms with E-state index in [1.54, 1.807) is 0 Å². The molecule has 1 aliphatic rings. The molecule has 0 heterocycles. The highest BCUT2D eigenvalue weighted by molar-refractivity contribution is 9.10. The second-order valence-corrected chi connectivity index (χ2v) is 6.37. The highest BCUT2D eigenvalue weighted by atomic mass is 79.9. The Bertz CT molecular complexity index is 388. The minimum absolute atomic E-state index is 0.0721. The first-order valence-electron chi connectivity index (χ1n) is 6.78. The summed E-state index contributed by atoms with van der Waals surface area (Å²) >= 11 is 3.49. The number of benzene rings is 1. The molecular formula is C15H22BrNO. The molecule has 0 spiro atoms. The van der Waals surface area contributed by atoms with Crippen molar-refractivity contribution < 1.29 is 4.74 Å². The molecule has 1 N–H and O–H groups in total. The van der Waals surface area contributed by atoms with Gasteiger partial charge >= 0.3 is 0 Å². The number of hydrogen-bond donors (Lipinski definition) is 1. The van der Waals surface area contributed by atoms with Crippen molar-refractivity contribution in [1.29, 1.82) is 0 Å². The van der Waals surface area contributed by atoms with E-state index in [2.05, 4.69) is 41.2 Å². The van der Waals surface area contributed by atoms with Crippen LogP contribution in [0.1, 0.15) is 39.5 Å². The molecule has 0 radical (unpaired) electrons. The molecule has 1 aromatic rings. The molecule has 1 saturated carbocycles. The Morgan fingerprint density at radius 1 is 1.39 bits per heavy atom. The Balaban J connectivity index is 1.91. The average Bonchev–Trinajstić information content (AvgIpc) is 2.25. The Morgan fingerprint density at radius 3 is 2.72 bits per heavy atom. The lowest BCUT2D eigenvalue weighted by Crippen LogP contribution is -2.45. The van der Waals surface area contributed by atoms with Gasteiger partial charge in [0.15, 0.2) is 0 Å². The zero-order valence-corrected chi connectivity index (χ0v) is 12.8. The average molecular weight is 312 g/mol. The third-order valence-corrected chi connectivity index (χ3v) is 4.02. The van der Waals surface area contributed by atoms with Crippen LogP contribution in [-0.4, -0.2) is 18.2 Å². The first-order valence-corrected chi connectivity index (χ1v) is 7.57. The maximum absolute atomic E-state index is 6.23. The maximum atomic E-state index is 6.23. The smallest absolute Gasteiger partial charge is 0.121 e. The van der Waals surface area contributed by atoms with E-state index in [1.165, 1.54) is 19.3 Å². The van der Waals surface area contributed by atoms with Crippen molar-refractivity contribution in [3.05, 3.63) is 28.7 Å². The molecule has 3 heteroatoms. The van der Waals surface area contributed by atoms with E-state index in [-0.39, 0.29) is 5.60 Å². The lowest BCUT2D eigenvalue weighted by Gasteiger charge is -2.42. The maximum Gasteiger partial charge on any atom is 0.121 e. The zero-order valence-electron chi connectivity index (χ0n) is 11.2. The summed E-state index contributed by atoms with van der Waals surface area (Å²) in [6, 6.07) is 8.70. The topological polar surface area (TPSA) is 21.3 Å². The van der Waals surface area contributed by atoms with Crippen LogP contribution in [0.15, 0.2) is 28.7 Å². The summed E-state index contributed by atoms with van der Waals surface area (Å²) in [4.78, 5) is 0. The van der Waals surface area contributed by atoms with Gasteiger partial charge in [-0.1, -0.05) is 35.8 Å². The monoisotopic (exact) mass is 311 g/mol. The van der Waals surface area contributed by atoms with Crippen molar-refractivity contribution >= 4 is 15.9 Å². The predicted octanol–water partition coefficient (Wildman–Crippen LogP) is 4.14. The van der Waals surface area contributed by atoms with E-state index in [4.69, 9.17) is 4.74 Å². The van der Waals surface area contributed by atoms with Crippen LogP contribution in [0.5, 0.6) is 5.75 Å². The molecule has 0 bridgehead atoms. The van der Waals surface area contributed by atoms with Crippen molar-refractivity contribution in [3.8, 4) is 5.75 Å². The molecule has 0 amide bonds. The standard InChI is InChI=1S/C15H22BrNO/c1-12(2)17-10-9-15(7-4-8-15)18-14-6-3-5-13(16)11-14/h3,5-6,11-12,17H,4,7-10H2,1-2H3. The van der Waals surface area contributed by atoms with Crippen LogP contribution in [-0.2, 0) is 0 Å². The molecule has 1 fully saturated rings. The van der Waals surface area contributed by atoms with Gasteiger partial charge in [-0.2, -0.15) is 0 Å². The number of nitrogens with one attached hydrogen (secondary N) is 1. The molecule has 1 aromatic carbocycles. The van der Waals surface area contributed by atoms with E-state index < -0.39 is 0 Å². The number of hydrogen-bond acceptors (Lipinski definition) is 2. The third-order valence-electron chi connectivity index (χ3n) is 3.53. The Hall–Kier alpha value is -0.540. The van der Waals surface area contributed by atoms with Crippen LogP contribution in [0.4, 0.5) is 0 Å². The van der Waals surface area contributed by atoms with Crippen molar-refractivity contribution in [1.82, 2.24) is 5.32 Å². The van der Waals surface area contributed by atoms with Crippen LogP contribution < -0.4 is 10.1 Å². The number of halogens is 1. The summed E-state index contributed by atoms with van der Waals surface area (Å²) in [7, 11) is 0. The summed E-state index contributed by atoms with van der Waals surface area (Å²) in [5.74, 6) is 0.980. The van der Waals surface area contributed by atoms with E-state index in [1.807, 2.05) is 18.2 Å². The molecule has 0 saturated heterocycles. The van der Waals surface area contributed by atoms with Crippen LogP contribution in [0.3, 0.4) is 0 Å². The fourth-order valence-corrected chi connectivity index (χ4v) is 2.72. The van der Waals surface area contributed by atoms with Crippen LogP contribution >= 0.6 is 15.9 Å². The quantitative estimate of drug-likeness (QED) is 0.852. The van der Waals surface area contributed by atoms with E-state index in [0.29, 0.717) is 6.04 Å². The van der Waals surface area contributed by atoms with Gasteiger partial charge < -0.3 is 10.1 Å². The highest BCUT2D eigenvalue weighted by Crippen LogP contribution is 2.39. The van der Waals surface area contributed by atoms with Gasteiger partial charge in [0, 0.05) is 10.5 Å². The van der Waals surface area contributed by atoms with Crippen molar-refractivity contribution in [2.24, 2.45) is 0 Å². The van der Waals surface area contributed by atoms with Gasteiger partial charge in [-0.3, -0.25) is 0 Å². The number of ether oxygens (including phenoxy) is 1. The van der Waals surface area contributed by atoms with E-state index in [0.717, 1.165) is 23.2 Å². The van der Waals surface area contributed by atoms with Crippen molar-refractivity contribution in [2.75, 3.05) is 6.54 Å². The second kappa shape index (κ2) is 6.07. The fourth-order valence-electron chi connectivity index (χ4n) is 2.34. The van der Waals surface area contributed by atoms with Crippen LogP contribution in [0, 0.1) is 0 Å². The summed E-state index contributed by atoms with van der Waals surface area (Å²) in [6.07, 6.45) is 4.74. The van der Waals surface area contributed by atoms with Crippen LogP contribution in [0.2, 0.25) is 0 Å². The first-order chi connectivity index (χ1) is 8.60. The summed E-state index contributed by atoms with van der Waals surface area (Å²) < 4.78 is 7.31. The molecule has 2 rings (SSSR count). The number of rotatable bonds is 6. The second-order valence-electron chi connectivity index (χ2n) is 5.45. The molecule has 0 aliphatic heterocycles. The molecule has 18 heavy (non-hydrogen) atoms. The summed E-state index contributed by atoms with van der Waals surface area (Å²) in [5, 5.41) is 3.48. The fraction of sp³-hybridized carbons (Fsp3) is 0.600. The highest BCUT2D eigenvalue weighted by Gasteiger charge is 2.38. The van der Waals surface area contributed by atoms with Gasteiger partial charge in [0.2, 0.25) is 0 Å². The van der Waals surface area contributed by atoms with Gasteiger partial charge in [0.25, 0.3) is 0 Å². The zero-order chi connectivity index (χ0) is 13.0. The molecule has 0 atom stereocenters. The minimum Gasteiger partial charge on any atom is -0.487 e. The van der Waals surface area contributed by atoms with Gasteiger partial charge in [0.1, 0.15) is 11.4 Å². The molecule has 0 unspecified atom stereocenters. The molecular weight excluding hydrogens is 290 g/mol. The molecule has 1 aliphatic carbocycles. The minimum atomic E-state index is 0.0721. The lowest BCUT2D eigenvalue weighted by molar-refractivity contribution is -0.0145. The summed E-state index contributed by atoms with van der Waals surface area (Å²) in [5.41, 5.74) is 0.0721. The van der Waals surface area contributed by atoms with Crippen molar-refractivity contribution in [3.63, 3.8) is 0 Å². The van der Waals surface area contributed by atoms with E-state index in [9.17, 15) is 0 Å². The van der Waals surface area contributed by atoms with Gasteiger partial charge in [-0.05, 0) is 50.4 Å². The first kappa shape index (κ1) is 13.9. The normalized spacial score (nSPS) is 17.6. The van der Waals surface area contributed by atoms with Crippen LogP contribution in [0.25, 0.3) is 0 Å². The van der Waals surface area contributed by atoms with Crippen molar-refractivity contribution in [2.45, 2.75) is 51.2 Å². The molecule has 2 nitrogen and oxygen atoms in total. The van der Waals surface area contributed by atoms with Gasteiger partial charge in [-0.15, -0.1) is 0 Å². The molecule has 100 valence electrons. The Morgan fingerprint density at radius 2 is 2.17 bits per heavy atom. The predicted molar refractivity (Wildman–Crippen MR) is 79.1 cm³/mol. The SMILES string of the molecule is CC(C)NCCC1(Oc2cccc(Br)c2)CCC1. The lowest BCUT2D eigenvalue weighted by atomic mass is 9.77.